The summed E-state index contributed by atoms with van der Waals surface area (Å²) in [6.45, 7) is 0. The number of imidazole rings is 1. The van der Waals surface area contributed by atoms with Gasteiger partial charge in [-0.3, -0.25) is 4.79 Å². The van der Waals surface area contributed by atoms with Gasteiger partial charge in [0.2, 0.25) is 0 Å². The van der Waals surface area contributed by atoms with Crippen molar-refractivity contribution in [2.24, 2.45) is 0 Å². The summed E-state index contributed by atoms with van der Waals surface area (Å²) in [5, 5.41) is 4.71. The van der Waals surface area contributed by atoms with Gasteiger partial charge in [-0.25, -0.2) is 14.2 Å². The molecule has 2 aromatic carbocycles. The van der Waals surface area contributed by atoms with Crippen LogP contribution in [0.1, 0.15) is 32.2 Å². The highest BCUT2D eigenvalue weighted by molar-refractivity contribution is 7.09. The fourth-order valence-corrected chi connectivity index (χ4v) is 4.41. The summed E-state index contributed by atoms with van der Waals surface area (Å²) < 4.78 is 18.4. The zero-order chi connectivity index (χ0) is 24.6. The first-order chi connectivity index (χ1) is 17.0. The van der Waals surface area contributed by atoms with Gasteiger partial charge in [0.1, 0.15) is 17.7 Å². The number of thiophene rings is 1. The van der Waals surface area contributed by atoms with Crippen molar-refractivity contribution in [2.45, 2.75) is 18.9 Å². The van der Waals surface area contributed by atoms with E-state index < -0.39 is 12.0 Å². The monoisotopic (exact) mass is 489 g/mol. The third kappa shape index (κ3) is 6.51. The van der Waals surface area contributed by atoms with Gasteiger partial charge in [-0.05, 0) is 52.4 Å². The van der Waals surface area contributed by atoms with Crippen molar-refractivity contribution in [2.75, 3.05) is 7.11 Å². The Hall–Kier alpha value is -4.04. The first-order valence-electron chi connectivity index (χ1n) is 11.0. The minimum Gasteiger partial charge on any atom is -0.467 e. The number of ether oxygens (including phenoxy) is 1. The SMILES string of the molecule is COC(=O)[C@H](Cc1cccs1)NC(=O)c1cccc(C=C(Cc2ncc[nH]2)c2ccc(F)cc2)c1. The first kappa shape index (κ1) is 24.1. The molecule has 0 aliphatic carbocycles. The predicted molar refractivity (Wildman–Crippen MR) is 134 cm³/mol. The van der Waals surface area contributed by atoms with E-state index in [1.54, 1.807) is 42.7 Å². The Kier molecular flexibility index (Phi) is 7.84. The van der Waals surface area contributed by atoms with Crippen LogP contribution in [0, 0.1) is 5.82 Å². The standard InChI is InChI=1S/C27H24FN3O3S/c1-34-27(33)24(17-23-6-3-13-35-23)31-26(32)20-5-2-4-18(14-20)15-21(16-25-29-11-12-30-25)19-7-9-22(28)10-8-19/h2-15,24H,16-17H2,1H3,(H,29,30)(H,31,32)/t24-/m0/s1. The molecule has 0 unspecified atom stereocenters. The molecule has 2 N–H and O–H groups in total. The number of esters is 1. The van der Waals surface area contributed by atoms with Crippen LogP contribution in [0.15, 0.2) is 78.4 Å². The third-order valence-electron chi connectivity index (χ3n) is 5.39. The number of methoxy groups -OCH3 is 1. The lowest BCUT2D eigenvalue weighted by atomic mass is 9.98. The molecule has 0 aliphatic rings. The smallest absolute Gasteiger partial charge is 0.328 e. The van der Waals surface area contributed by atoms with Gasteiger partial charge in [-0.15, -0.1) is 11.3 Å². The van der Waals surface area contributed by atoms with Gasteiger partial charge < -0.3 is 15.0 Å². The Morgan fingerprint density at radius 2 is 1.97 bits per heavy atom. The van der Waals surface area contributed by atoms with Gasteiger partial charge in [0.25, 0.3) is 5.91 Å². The number of carbonyl (C=O) groups excluding carboxylic acids is 2. The minimum absolute atomic E-state index is 0.313. The normalized spacial score (nSPS) is 12.2. The lowest BCUT2D eigenvalue weighted by molar-refractivity contribution is -0.142. The van der Waals surface area contributed by atoms with E-state index in [-0.39, 0.29) is 11.7 Å². The van der Waals surface area contributed by atoms with Gasteiger partial charge in [-0.1, -0.05) is 36.4 Å². The van der Waals surface area contributed by atoms with Crippen LogP contribution < -0.4 is 5.32 Å². The van der Waals surface area contributed by atoms with E-state index in [0.29, 0.717) is 18.4 Å². The number of carbonyl (C=O) groups is 2. The number of amides is 1. The summed E-state index contributed by atoms with van der Waals surface area (Å²) in [6.07, 6.45) is 6.22. The van der Waals surface area contributed by atoms with E-state index in [0.717, 1.165) is 27.4 Å². The zero-order valence-electron chi connectivity index (χ0n) is 19.0. The van der Waals surface area contributed by atoms with Crippen LogP contribution in [0.2, 0.25) is 0 Å². The maximum Gasteiger partial charge on any atom is 0.328 e. The summed E-state index contributed by atoms with van der Waals surface area (Å²) in [7, 11) is 1.30. The number of aromatic amines is 1. The molecule has 6 nitrogen and oxygen atoms in total. The molecule has 2 aromatic heterocycles. The zero-order valence-corrected chi connectivity index (χ0v) is 19.8. The molecule has 0 fully saturated rings. The van der Waals surface area contributed by atoms with Crippen molar-refractivity contribution >= 4 is 34.9 Å². The van der Waals surface area contributed by atoms with E-state index in [2.05, 4.69) is 15.3 Å². The van der Waals surface area contributed by atoms with Crippen molar-refractivity contribution in [1.82, 2.24) is 15.3 Å². The molecule has 35 heavy (non-hydrogen) atoms. The summed E-state index contributed by atoms with van der Waals surface area (Å²) in [6, 6.07) is 16.4. The van der Waals surface area contributed by atoms with Crippen LogP contribution in [0.3, 0.4) is 0 Å². The Bertz CT molecular complexity index is 1300. The summed E-state index contributed by atoms with van der Waals surface area (Å²) in [5.41, 5.74) is 2.95. The number of nitrogens with one attached hydrogen (secondary N) is 2. The molecule has 0 spiro atoms. The highest BCUT2D eigenvalue weighted by Gasteiger charge is 2.23. The molecule has 1 atom stereocenters. The molecular formula is C27H24FN3O3S. The van der Waals surface area contributed by atoms with Gasteiger partial charge in [0, 0.05) is 35.7 Å². The average molecular weight is 490 g/mol. The van der Waals surface area contributed by atoms with E-state index in [1.165, 1.54) is 30.6 Å². The molecular weight excluding hydrogens is 465 g/mol. The van der Waals surface area contributed by atoms with E-state index in [9.17, 15) is 14.0 Å². The molecule has 1 amide bonds. The van der Waals surface area contributed by atoms with E-state index >= 15 is 0 Å². The molecule has 2 heterocycles. The lowest BCUT2D eigenvalue weighted by Gasteiger charge is -2.16. The summed E-state index contributed by atoms with van der Waals surface area (Å²) >= 11 is 1.51. The molecule has 8 heteroatoms. The molecule has 0 radical (unpaired) electrons. The maximum atomic E-state index is 13.5. The van der Waals surface area contributed by atoms with Gasteiger partial charge in [0.05, 0.1) is 7.11 Å². The molecule has 0 bridgehead atoms. The number of hydrogen-bond acceptors (Lipinski definition) is 5. The highest BCUT2D eigenvalue weighted by Crippen LogP contribution is 2.23. The highest BCUT2D eigenvalue weighted by atomic mass is 32.1. The maximum absolute atomic E-state index is 13.5. The molecule has 178 valence electrons. The molecule has 0 saturated heterocycles. The number of allylic oxidation sites excluding steroid dienone is 1. The molecule has 0 saturated carbocycles. The van der Waals surface area contributed by atoms with Crippen molar-refractivity contribution < 1.29 is 18.7 Å². The fourth-order valence-electron chi connectivity index (χ4n) is 3.65. The average Bonchev–Trinajstić information content (AvgIpc) is 3.58. The minimum atomic E-state index is -0.793. The first-order valence-corrected chi connectivity index (χ1v) is 11.9. The van der Waals surface area contributed by atoms with Crippen molar-refractivity contribution in [3.8, 4) is 0 Å². The topological polar surface area (TPSA) is 84.1 Å². The van der Waals surface area contributed by atoms with Crippen LogP contribution in [0.4, 0.5) is 4.39 Å². The summed E-state index contributed by atoms with van der Waals surface area (Å²) in [5.74, 6) is -0.419. The number of nitrogens with zero attached hydrogens (tertiary/aromatic N) is 1. The van der Waals surface area contributed by atoms with E-state index in [1.807, 2.05) is 29.7 Å². The second-order valence-corrected chi connectivity index (χ2v) is 8.88. The number of H-pyrrole nitrogens is 1. The fraction of sp³-hybridized carbons (Fsp3) is 0.148. The Morgan fingerprint density at radius 1 is 1.14 bits per heavy atom. The van der Waals surface area contributed by atoms with Crippen molar-refractivity contribution in [1.29, 1.82) is 0 Å². The van der Waals surface area contributed by atoms with Crippen LogP contribution in [-0.4, -0.2) is 35.0 Å². The second kappa shape index (κ2) is 11.4. The Morgan fingerprint density at radius 3 is 2.66 bits per heavy atom. The molecule has 4 aromatic rings. The molecule has 0 aliphatic heterocycles. The van der Waals surface area contributed by atoms with Crippen molar-refractivity contribution in [3.63, 3.8) is 0 Å². The molecule has 4 rings (SSSR count). The van der Waals surface area contributed by atoms with Crippen molar-refractivity contribution in [3.05, 3.63) is 112 Å². The lowest BCUT2D eigenvalue weighted by Crippen LogP contribution is -2.42. The predicted octanol–water partition coefficient (Wildman–Crippen LogP) is 4.91. The van der Waals surface area contributed by atoms with Crippen LogP contribution in [-0.2, 0) is 22.4 Å². The van der Waals surface area contributed by atoms with Crippen LogP contribution in [0.25, 0.3) is 11.6 Å². The number of benzene rings is 2. The Balaban J connectivity index is 1.58. The third-order valence-corrected chi connectivity index (χ3v) is 6.29. The number of hydrogen-bond donors (Lipinski definition) is 2. The second-order valence-electron chi connectivity index (χ2n) is 7.85. The largest absolute Gasteiger partial charge is 0.467 e. The van der Waals surface area contributed by atoms with Crippen LogP contribution in [0.5, 0.6) is 0 Å². The number of aromatic nitrogens is 2. The van der Waals surface area contributed by atoms with Gasteiger partial charge in [0.15, 0.2) is 0 Å². The quantitative estimate of drug-likeness (QED) is 0.259. The van der Waals surface area contributed by atoms with Crippen LogP contribution >= 0.6 is 11.3 Å². The summed E-state index contributed by atoms with van der Waals surface area (Å²) in [4.78, 5) is 33.6. The van der Waals surface area contributed by atoms with Gasteiger partial charge in [-0.2, -0.15) is 0 Å². The van der Waals surface area contributed by atoms with E-state index in [4.69, 9.17) is 4.74 Å². The number of rotatable bonds is 9. The van der Waals surface area contributed by atoms with Gasteiger partial charge >= 0.3 is 5.97 Å². The Labute approximate surface area is 206 Å². The number of halogens is 1.